The molecule has 1 aliphatic heterocycles. The lowest BCUT2D eigenvalue weighted by Crippen LogP contribution is -2.47. The average molecular weight is 306 g/mol. The third kappa shape index (κ3) is 7.10. The largest absolute Gasteiger partial charge is 0.356 e. The Morgan fingerprint density at radius 2 is 2.05 bits per heavy atom. The van der Waals surface area contributed by atoms with E-state index in [1.165, 1.54) is 0 Å². The normalized spacial score (nSPS) is 18.6. The van der Waals surface area contributed by atoms with Crippen molar-refractivity contribution in [2.45, 2.75) is 45.6 Å². The van der Waals surface area contributed by atoms with Crippen LogP contribution >= 0.6 is 12.4 Å². The topological polar surface area (TPSA) is 61.4 Å². The fourth-order valence-corrected chi connectivity index (χ4v) is 2.35. The lowest BCUT2D eigenvalue weighted by atomic mass is 10.1. The summed E-state index contributed by atoms with van der Waals surface area (Å²) in [5.74, 6) is 0.536. The predicted octanol–water partition coefficient (Wildman–Crippen LogP) is 1.17. The van der Waals surface area contributed by atoms with Gasteiger partial charge in [0.25, 0.3) is 0 Å². The number of amides is 2. The van der Waals surface area contributed by atoms with Crippen molar-refractivity contribution in [2.24, 2.45) is 5.92 Å². The van der Waals surface area contributed by atoms with Crippen molar-refractivity contribution in [3.8, 4) is 0 Å². The number of carbonyl (C=O) groups is 2. The maximum atomic E-state index is 12.0. The minimum atomic E-state index is 0. The van der Waals surface area contributed by atoms with Gasteiger partial charge >= 0.3 is 0 Å². The van der Waals surface area contributed by atoms with Gasteiger partial charge in [-0.1, -0.05) is 13.8 Å². The summed E-state index contributed by atoms with van der Waals surface area (Å²) in [5, 5.41) is 6.03. The third-order valence-corrected chi connectivity index (χ3v) is 3.44. The van der Waals surface area contributed by atoms with Crippen LogP contribution in [0.3, 0.4) is 0 Å². The first-order valence-electron chi connectivity index (χ1n) is 7.24. The average Bonchev–Trinajstić information content (AvgIpc) is 2.37. The van der Waals surface area contributed by atoms with E-state index in [1.54, 1.807) is 0 Å². The SMILES string of the molecule is CNC1CCCN(C(=O)CCNC(=O)CC(C)C)C1.Cl. The monoisotopic (exact) mass is 305 g/mol. The van der Waals surface area contributed by atoms with Crippen molar-refractivity contribution in [2.75, 3.05) is 26.7 Å². The number of carbonyl (C=O) groups excluding carboxylic acids is 2. The highest BCUT2D eigenvalue weighted by molar-refractivity contribution is 5.85. The molecule has 1 unspecified atom stereocenters. The number of hydrogen-bond acceptors (Lipinski definition) is 3. The zero-order valence-electron chi connectivity index (χ0n) is 12.8. The van der Waals surface area contributed by atoms with E-state index in [1.807, 2.05) is 25.8 Å². The first kappa shape index (κ1) is 19.2. The van der Waals surface area contributed by atoms with E-state index in [0.717, 1.165) is 25.9 Å². The van der Waals surface area contributed by atoms with Crippen molar-refractivity contribution in [1.82, 2.24) is 15.5 Å². The smallest absolute Gasteiger partial charge is 0.224 e. The molecule has 6 heteroatoms. The van der Waals surface area contributed by atoms with E-state index < -0.39 is 0 Å². The molecule has 0 saturated carbocycles. The van der Waals surface area contributed by atoms with Crippen molar-refractivity contribution in [1.29, 1.82) is 0 Å². The molecular weight excluding hydrogens is 278 g/mol. The Morgan fingerprint density at radius 1 is 1.35 bits per heavy atom. The number of hydrogen-bond donors (Lipinski definition) is 2. The Balaban J connectivity index is 0.00000361. The summed E-state index contributed by atoms with van der Waals surface area (Å²) in [6.45, 7) is 6.10. The van der Waals surface area contributed by atoms with Gasteiger partial charge in [0.1, 0.15) is 0 Å². The van der Waals surface area contributed by atoms with Crippen molar-refractivity contribution >= 4 is 24.2 Å². The minimum absolute atomic E-state index is 0. The Bertz CT molecular complexity index is 311. The van der Waals surface area contributed by atoms with Gasteiger partial charge in [-0.25, -0.2) is 0 Å². The van der Waals surface area contributed by atoms with Crippen molar-refractivity contribution < 1.29 is 9.59 Å². The number of likely N-dealkylation sites (tertiary alicyclic amines) is 1. The van der Waals surface area contributed by atoms with Crippen LogP contribution in [-0.4, -0.2) is 49.4 Å². The zero-order chi connectivity index (χ0) is 14.3. The molecule has 0 aromatic carbocycles. The van der Waals surface area contributed by atoms with Gasteiger partial charge in [-0.15, -0.1) is 12.4 Å². The van der Waals surface area contributed by atoms with E-state index in [-0.39, 0.29) is 24.2 Å². The highest BCUT2D eigenvalue weighted by Crippen LogP contribution is 2.10. The van der Waals surface area contributed by atoms with Crippen LogP contribution in [0.4, 0.5) is 0 Å². The molecule has 1 atom stereocenters. The van der Waals surface area contributed by atoms with Crippen molar-refractivity contribution in [3.05, 3.63) is 0 Å². The molecule has 5 nitrogen and oxygen atoms in total. The molecule has 1 rings (SSSR count). The second-order valence-electron chi connectivity index (χ2n) is 5.67. The van der Waals surface area contributed by atoms with Gasteiger partial charge in [0, 0.05) is 38.5 Å². The lowest BCUT2D eigenvalue weighted by Gasteiger charge is -2.32. The Labute approximate surface area is 128 Å². The van der Waals surface area contributed by atoms with Gasteiger partial charge in [0.15, 0.2) is 0 Å². The number of likely N-dealkylation sites (N-methyl/N-ethyl adjacent to an activating group) is 1. The van der Waals surface area contributed by atoms with E-state index in [4.69, 9.17) is 0 Å². The highest BCUT2D eigenvalue weighted by Gasteiger charge is 2.22. The maximum Gasteiger partial charge on any atom is 0.224 e. The zero-order valence-corrected chi connectivity index (χ0v) is 13.6. The van der Waals surface area contributed by atoms with E-state index >= 15 is 0 Å². The summed E-state index contributed by atoms with van der Waals surface area (Å²) in [7, 11) is 1.94. The van der Waals surface area contributed by atoms with Gasteiger partial charge in [-0.2, -0.15) is 0 Å². The van der Waals surface area contributed by atoms with Gasteiger partial charge in [0.05, 0.1) is 0 Å². The first-order valence-corrected chi connectivity index (χ1v) is 7.24. The standard InChI is InChI=1S/C14H27N3O2.ClH/c1-11(2)9-13(18)16-7-6-14(19)17-8-4-5-12(10-17)15-3;/h11-12,15H,4-10H2,1-3H3,(H,16,18);1H. The molecule has 0 aromatic rings. The van der Waals surface area contributed by atoms with Gasteiger partial charge < -0.3 is 15.5 Å². The molecule has 1 aliphatic rings. The predicted molar refractivity (Wildman–Crippen MR) is 83.0 cm³/mol. The molecule has 2 amide bonds. The summed E-state index contributed by atoms with van der Waals surface area (Å²) in [4.78, 5) is 25.4. The third-order valence-electron chi connectivity index (χ3n) is 3.44. The fourth-order valence-electron chi connectivity index (χ4n) is 2.35. The number of nitrogens with zero attached hydrogens (tertiary/aromatic N) is 1. The van der Waals surface area contributed by atoms with E-state index in [0.29, 0.717) is 31.3 Å². The van der Waals surface area contributed by atoms with Crippen LogP contribution in [0.15, 0.2) is 0 Å². The molecule has 1 fully saturated rings. The molecule has 1 heterocycles. The molecule has 2 N–H and O–H groups in total. The summed E-state index contributed by atoms with van der Waals surface area (Å²) >= 11 is 0. The molecule has 0 aromatic heterocycles. The summed E-state index contributed by atoms with van der Waals surface area (Å²) in [6, 6.07) is 0.410. The maximum absolute atomic E-state index is 12.0. The molecule has 20 heavy (non-hydrogen) atoms. The minimum Gasteiger partial charge on any atom is -0.356 e. The van der Waals surface area contributed by atoms with Crippen LogP contribution in [0.25, 0.3) is 0 Å². The highest BCUT2D eigenvalue weighted by atomic mass is 35.5. The van der Waals surface area contributed by atoms with E-state index in [2.05, 4.69) is 10.6 Å². The molecule has 0 spiro atoms. The van der Waals surface area contributed by atoms with Gasteiger partial charge in [-0.3, -0.25) is 9.59 Å². The fraction of sp³-hybridized carbons (Fsp3) is 0.857. The molecule has 0 radical (unpaired) electrons. The summed E-state index contributed by atoms with van der Waals surface area (Å²) in [5.41, 5.74) is 0. The molecule has 118 valence electrons. The van der Waals surface area contributed by atoms with Gasteiger partial charge in [0.2, 0.25) is 11.8 Å². The molecule has 1 saturated heterocycles. The van der Waals surface area contributed by atoms with E-state index in [9.17, 15) is 9.59 Å². The second-order valence-corrected chi connectivity index (χ2v) is 5.67. The molecule has 0 bridgehead atoms. The van der Waals surface area contributed by atoms with Gasteiger partial charge in [-0.05, 0) is 25.8 Å². The Morgan fingerprint density at radius 3 is 2.65 bits per heavy atom. The Kier molecular flexibility index (Phi) is 9.59. The summed E-state index contributed by atoms with van der Waals surface area (Å²) < 4.78 is 0. The quantitative estimate of drug-likeness (QED) is 0.774. The van der Waals surface area contributed by atoms with Crippen LogP contribution in [-0.2, 0) is 9.59 Å². The van der Waals surface area contributed by atoms with Crippen LogP contribution in [0.2, 0.25) is 0 Å². The van der Waals surface area contributed by atoms with Crippen LogP contribution in [0.5, 0.6) is 0 Å². The first-order chi connectivity index (χ1) is 9.02. The summed E-state index contributed by atoms with van der Waals surface area (Å²) in [6.07, 6.45) is 3.11. The van der Waals surface area contributed by atoms with Crippen LogP contribution < -0.4 is 10.6 Å². The molecule has 0 aliphatic carbocycles. The number of nitrogens with one attached hydrogen (secondary N) is 2. The van der Waals surface area contributed by atoms with Crippen molar-refractivity contribution in [3.63, 3.8) is 0 Å². The number of piperidine rings is 1. The Hall–Kier alpha value is -0.810. The number of halogens is 1. The van der Waals surface area contributed by atoms with Crippen LogP contribution in [0.1, 0.15) is 39.5 Å². The van der Waals surface area contributed by atoms with Crippen LogP contribution in [0, 0.1) is 5.92 Å². The number of rotatable bonds is 6. The lowest BCUT2D eigenvalue weighted by molar-refractivity contribution is -0.132. The second kappa shape index (κ2) is 10.00. The molecular formula is C14H28ClN3O2.